The molecule has 2 atom stereocenters. The first-order valence-corrected chi connectivity index (χ1v) is 8.57. The Bertz CT molecular complexity index is 357. The van der Waals surface area contributed by atoms with Crippen LogP contribution in [0.15, 0.2) is 0 Å². The largest absolute Gasteiger partial charge is 0.380 e. The Morgan fingerprint density at radius 2 is 1.86 bits per heavy atom. The average molecular weight is 295 g/mol. The highest BCUT2D eigenvalue weighted by atomic mass is 16.5. The van der Waals surface area contributed by atoms with Crippen molar-refractivity contribution in [2.75, 3.05) is 39.8 Å². The number of hydrogen-bond acceptors (Lipinski definition) is 4. The quantitative estimate of drug-likeness (QED) is 0.838. The number of amides is 1. The van der Waals surface area contributed by atoms with Gasteiger partial charge in [-0.25, -0.2) is 0 Å². The summed E-state index contributed by atoms with van der Waals surface area (Å²) in [4.78, 5) is 17.5. The Kier molecular flexibility index (Phi) is 5.14. The van der Waals surface area contributed by atoms with Gasteiger partial charge in [0.2, 0.25) is 5.91 Å². The number of nitrogens with one attached hydrogen (secondary N) is 1. The maximum absolute atomic E-state index is 12.9. The van der Waals surface area contributed by atoms with Gasteiger partial charge in [0, 0.05) is 26.2 Å². The molecule has 5 heteroatoms. The summed E-state index contributed by atoms with van der Waals surface area (Å²) in [6, 6.07) is 0.731. The minimum absolute atomic E-state index is 0.128. The second kappa shape index (κ2) is 7.07. The van der Waals surface area contributed by atoms with Crippen LogP contribution >= 0.6 is 0 Å². The van der Waals surface area contributed by atoms with Crippen molar-refractivity contribution in [1.29, 1.82) is 0 Å². The van der Waals surface area contributed by atoms with E-state index in [-0.39, 0.29) is 12.1 Å². The van der Waals surface area contributed by atoms with Crippen molar-refractivity contribution in [3.63, 3.8) is 0 Å². The number of carbonyl (C=O) groups is 1. The zero-order valence-electron chi connectivity index (χ0n) is 13.2. The number of likely N-dealkylation sites (tertiary alicyclic amines) is 2. The topological polar surface area (TPSA) is 44.8 Å². The molecule has 0 spiro atoms. The molecule has 0 radical (unpaired) electrons. The van der Waals surface area contributed by atoms with Gasteiger partial charge in [-0.3, -0.25) is 9.69 Å². The van der Waals surface area contributed by atoms with Gasteiger partial charge in [0.25, 0.3) is 0 Å². The highest BCUT2D eigenvalue weighted by molar-refractivity contribution is 5.82. The van der Waals surface area contributed by atoms with Crippen LogP contribution in [0.5, 0.6) is 0 Å². The standard InChI is InChI=1S/C16H29N3O2/c1-21-14-4-2-10-18(12-14)16(20)15-5-3-11-19(15)13-6-8-17-9-7-13/h13-15,17H,2-12H2,1H3. The van der Waals surface area contributed by atoms with Gasteiger partial charge < -0.3 is 15.0 Å². The zero-order chi connectivity index (χ0) is 14.7. The Morgan fingerprint density at radius 3 is 2.62 bits per heavy atom. The molecular formula is C16H29N3O2. The Morgan fingerprint density at radius 1 is 1.10 bits per heavy atom. The van der Waals surface area contributed by atoms with E-state index in [0.29, 0.717) is 11.9 Å². The molecular weight excluding hydrogens is 266 g/mol. The third kappa shape index (κ3) is 3.41. The van der Waals surface area contributed by atoms with E-state index in [1.54, 1.807) is 7.11 Å². The minimum atomic E-state index is 0.128. The molecule has 120 valence electrons. The number of methoxy groups -OCH3 is 1. The molecule has 1 amide bonds. The van der Waals surface area contributed by atoms with Gasteiger partial charge in [-0.05, 0) is 58.2 Å². The molecule has 0 aromatic heterocycles. The lowest BCUT2D eigenvalue weighted by Gasteiger charge is -2.39. The van der Waals surface area contributed by atoms with Crippen LogP contribution < -0.4 is 5.32 Å². The molecule has 2 unspecified atom stereocenters. The van der Waals surface area contributed by atoms with E-state index in [9.17, 15) is 4.79 Å². The summed E-state index contributed by atoms with van der Waals surface area (Å²) in [5.74, 6) is 0.354. The van der Waals surface area contributed by atoms with Gasteiger partial charge in [-0.2, -0.15) is 0 Å². The number of nitrogens with zero attached hydrogens (tertiary/aromatic N) is 2. The molecule has 3 aliphatic heterocycles. The normalized spacial score (nSPS) is 32.5. The minimum Gasteiger partial charge on any atom is -0.380 e. The van der Waals surface area contributed by atoms with Gasteiger partial charge in [-0.1, -0.05) is 0 Å². The van der Waals surface area contributed by atoms with E-state index in [1.165, 1.54) is 19.3 Å². The molecule has 3 heterocycles. The number of ether oxygens (including phenoxy) is 1. The lowest BCUT2D eigenvalue weighted by atomic mass is 10.0. The second-order valence-corrected chi connectivity index (χ2v) is 6.66. The number of piperidine rings is 2. The van der Waals surface area contributed by atoms with Crippen LogP contribution in [-0.2, 0) is 9.53 Å². The summed E-state index contributed by atoms with van der Waals surface area (Å²) in [6.45, 7) is 4.98. The average Bonchev–Trinajstić information content (AvgIpc) is 3.04. The van der Waals surface area contributed by atoms with Crippen molar-refractivity contribution in [1.82, 2.24) is 15.1 Å². The van der Waals surface area contributed by atoms with E-state index in [0.717, 1.165) is 52.0 Å². The monoisotopic (exact) mass is 295 g/mol. The molecule has 3 aliphatic rings. The van der Waals surface area contributed by atoms with Crippen molar-refractivity contribution in [3.05, 3.63) is 0 Å². The Labute approximate surface area is 128 Å². The first kappa shape index (κ1) is 15.3. The predicted molar refractivity (Wildman–Crippen MR) is 82.2 cm³/mol. The molecule has 5 nitrogen and oxygen atoms in total. The number of rotatable bonds is 3. The first-order chi connectivity index (χ1) is 10.3. The second-order valence-electron chi connectivity index (χ2n) is 6.66. The third-order valence-electron chi connectivity index (χ3n) is 5.38. The summed E-state index contributed by atoms with van der Waals surface area (Å²) in [5.41, 5.74) is 0. The molecule has 3 fully saturated rings. The van der Waals surface area contributed by atoms with Crippen LogP contribution in [-0.4, -0.2) is 73.7 Å². The summed E-state index contributed by atoms with van der Waals surface area (Å²) >= 11 is 0. The van der Waals surface area contributed by atoms with E-state index < -0.39 is 0 Å². The molecule has 21 heavy (non-hydrogen) atoms. The van der Waals surface area contributed by atoms with Crippen LogP contribution in [0.4, 0.5) is 0 Å². The molecule has 1 N–H and O–H groups in total. The fraction of sp³-hybridized carbons (Fsp3) is 0.938. The summed E-state index contributed by atoms with van der Waals surface area (Å²) in [6.07, 6.45) is 6.97. The van der Waals surface area contributed by atoms with E-state index in [2.05, 4.69) is 15.1 Å². The van der Waals surface area contributed by atoms with Gasteiger partial charge in [-0.15, -0.1) is 0 Å². The maximum Gasteiger partial charge on any atom is 0.240 e. The van der Waals surface area contributed by atoms with Crippen LogP contribution in [0.25, 0.3) is 0 Å². The van der Waals surface area contributed by atoms with E-state index >= 15 is 0 Å². The van der Waals surface area contributed by atoms with Gasteiger partial charge >= 0.3 is 0 Å². The highest BCUT2D eigenvalue weighted by Gasteiger charge is 2.38. The van der Waals surface area contributed by atoms with E-state index in [4.69, 9.17) is 4.74 Å². The Hall–Kier alpha value is -0.650. The van der Waals surface area contributed by atoms with Crippen LogP contribution in [0.3, 0.4) is 0 Å². The van der Waals surface area contributed by atoms with Crippen LogP contribution in [0.1, 0.15) is 38.5 Å². The van der Waals surface area contributed by atoms with Crippen LogP contribution in [0.2, 0.25) is 0 Å². The lowest BCUT2D eigenvalue weighted by Crippen LogP contribution is -2.54. The van der Waals surface area contributed by atoms with Crippen molar-refractivity contribution < 1.29 is 9.53 Å². The van der Waals surface area contributed by atoms with Gasteiger partial charge in [0.1, 0.15) is 0 Å². The lowest BCUT2D eigenvalue weighted by molar-refractivity contribution is -0.140. The highest BCUT2D eigenvalue weighted by Crippen LogP contribution is 2.27. The fourth-order valence-corrected chi connectivity index (χ4v) is 4.17. The van der Waals surface area contributed by atoms with Crippen molar-refractivity contribution >= 4 is 5.91 Å². The Balaban J connectivity index is 1.62. The van der Waals surface area contributed by atoms with Gasteiger partial charge in [0.15, 0.2) is 0 Å². The summed E-state index contributed by atoms with van der Waals surface area (Å²) in [7, 11) is 1.76. The van der Waals surface area contributed by atoms with Crippen molar-refractivity contribution in [2.45, 2.75) is 56.7 Å². The molecule has 0 aromatic carbocycles. The molecule has 3 rings (SSSR count). The van der Waals surface area contributed by atoms with Crippen LogP contribution in [0, 0.1) is 0 Å². The summed E-state index contributed by atoms with van der Waals surface area (Å²) < 4.78 is 5.46. The maximum atomic E-state index is 12.9. The summed E-state index contributed by atoms with van der Waals surface area (Å²) in [5, 5.41) is 3.42. The molecule has 0 aromatic rings. The third-order valence-corrected chi connectivity index (χ3v) is 5.38. The van der Waals surface area contributed by atoms with Crippen molar-refractivity contribution in [3.8, 4) is 0 Å². The molecule has 0 aliphatic carbocycles. The SMILES string of the molecule is COC1CCCN(C(=O)C2CCCN2C2CCNCC2)C1. The number of hydrogen-bond donors (Lipinski definition) is 1. The van der Waals surface area contributed by atoms with Gasteiger partial charge in [0.05, 0.1) is 12.1 Å². The zero-order valence-corrected chi connectivity index (χ0v) is 13.2. The molecule has 0 saturated carbocycles. The molecule has 3 saturated heterocycles. The fourth-order valence-electron chi connectivity index (χ4n) is 4.17. The number of carbonyl (C=O) groups excluding carboxylic acids is 1. The first-order valence-electron chi connectivity index (χ1n) is 8.57. The molecule has 0 bridgehead atoms. The smallest absolute Gasteiger partial charge is 0.240 e. The van der Waals surface area contributed by atoms with Crippen molar-refractivity contribution in [2.24, 2.45) is 0 Å². The van der Waals surface area contributed by atoms with E-state index in [1.807, 2.05) is 0 Å². The predicted octanol–water partition coefficient (Wildman–Crippen LogP) is 0.840.